The summed E-state index contributed by atoms with van der Waals surface area (Å²) in [6.07, 6.45) is 0. The normalized spacial score (nSPS) is 11.7. The number of hydrogen-bond donors (Lipinski definition) is 0. The fourth-order valence-corrected chi connectivity index (χ4v) is 10.2. The molecule has 1 heterocycles. The summed E-state index contributed by atoms with van der Waals surface area (Å²) in [5.41, 5.74) is 17.8. The van der Waals surface area contributed by atoms with Crippen LogP contribution in [0.25, 0.3) is 98.4 Å². The molecule has 0 bridgehead atoms. The minimum absolute atomic E-state index is 0.921. The zero-order chi connectivity index (χ0) is 43.1. The van der Waals surface area contributed by atoms with Gasteiger partial charge in [-0.2, -0.15) is 0 Å². The lowest BCUT2D eigenvalue weighted by molar-refractivity contribution is 0.670. The fourth-order valence-electron chi connectivity index (χ4n) is 10.2. The van der Waals surface area contributed by atoms with Gasteiger partial charge in [-0.15, -0.1) is 0 Å². The highest BCUT2D eigenvalue weighted by molar-refractivity contribution is 6.63. The van der Waals surface area contributed by atoms with Crippen LogP contribution in [0.4, 0.5) is 17.1 Å². The van der Waals surface area contributed by atoms with Crippen LogP contribution in [0.1, 0.15) is 0 Å². The van der Waals surface area contributed by atoms with Crippen LogP contribution in [-0.4, -0.2) is 31.4 Å². The second kappa shape index (κ2) is 15.0. The van der Waals surface area contributed by atoms with Crippen LogP contribution in [0.2, 0.25) is 0 Å². The molecule has 0 unspecified atom stereocenters. The third-order valence-electron chi connectivity index (χ3n) is 13.8. The van der Waals surface area contributed by atoms with Gasteiger partial charge in [-0.05, 0) is 143 Å². The number of nitrogens with zero attached hydrogens (tertiary/aromatic N) is 1. The van der Waals surface area contributed by atoms with Gasteiger partial charge in [0.05, 0.1) is 0 Å². The Morgan fingerprint density at radius 1 is 0.297 bits per heavy atom. The Morgan fingerprint density at radius 3 is 1.22 bits per heavy atom. The Labute approximate surface area is 376 Å². The van der Waals surface area contributed by atoms with Gasteiger partial charge in [0, 0.05) is 27.8 Å². The third-order valence-corrected chi connectivity index (χ3v) is 13.8. The summed E-state index contributed by atoms with van der Waals surface area (Å²) in [4.78, 5) is 2.49. The number of rotatable bonds is 6. The summed E-state index contributed by atoms with van der Waals surface area (Å²) in [6.45, 7) is 0. The molecule has 12 aromatic rings. The van der Waals surface area contributed by atoms with Gasteiger partial charge in [0.1, 0.15) is 42.6 Å². The molecule has 0 radical (unpaired) electrons. The molecule has 2 nitrogen and oxygen atoms in total. The number of anilines is 3. The van der Waals surface area contributed by atoms with Gasteiger partial charge in [-0.3, -0.25) is 0 Å². The van der Waals surface area contributed by atoms with Crippen LogP contribution in [-0.2, 0) is 0 Å². The van der Waals surface area contributed by atoms with Crippen molar-refractivity contribution in [3.63, 3.8) is 0 Å². The maximum atomic E-state index is 6.45. The Kier molecular flexibility index (Phi) is 8.91. The van der Waals surface area contributed by atoms with Gasteiger partial charge < -0.3 is 9.32 Å². The minimum Gasteiger partial charge on any atom is -0.456 e. The van der Waals surface area contributed by atoms with Crippen LogP contribution >= 0.6 is 0 Å². The molecule has 0 saturated carbocycles. The lowest BCUT2D eigenvalue weighted by Gasteiger charge is -2.33. The summed E-state index contributed by atoms with van der Waals surface area (Å²) in [7, 11) is 9.22. The maximum absolute atomic E-state index is 6.45. The van der Waals surface area contributed by atoms with Crippen molar-refractivity contribution in [1.82, 2.24) is 0 Å². The summed E-state index contributed by atoms with van der Waals surface area (Å²) in [6, 6.07) is 73.2. The highest BCUT2D eigenvalue weighted by Crippen LogP contribution is 2.39. The molecule has 0 atom stereocenters. The zero-order valence-corrected chi connectivity index (χ0v) is 36.4. The first-order chi connectivity index (χ1) is 31.3. The summed E-state index contributed by atoms with van der Waals surface area (Å²) in [5, 5.41) is 12.0. The van der Waals surface area contributed by atoms with Crippen LogP contribution in [0, 0.1) is 0 Å². The van der Waals surface area contributed by atoms with E-state index in [1.54, 1.807) is 0 Å². The summed E-state index contributed by atoms with van der Waals surface area (Å²) >= 11 is 0. The van der Waals surface area contributed by atoms with Gasteiger partial charge >= 0.3 is 0 Å². The van der Waals surface area contributed by atoms with E-state index >= 15 is 0 Å². The Bertz CT molecular complexity index is 3690. The van der Waals surface area contributed by atoms with E-state index in [1.807, 2.05) is 0 Å². The standard InChI is InChI=1S/C58H41B4NO/c59-54-53(45-20-19-44-33-52-50(31-46(44)27-45)49-30-36-13-7-8-14-37(36)32-51(49)64-52)55(60)57(62)58(56(54)61)63(47-23-21-40-25-38(15-17-42(40)28-47)34-9-3-1-4-10-34)48-24-22-41-26-39(16-18-43(41)29-48)35-11-5-2-6-12-35/h1-33H,59-62H2. The molecule has 0 aliphatic rings. The van der Waals surface area contributed by atoms with E-state index in [4.69, 9.17) is 4.42 Å². The molecule has 0 aliphatic carbocycles. The van der Waals surface area contributed by atoms with Gasteiger partial charge in [-0.25, -0.2) is 0 Å². The highest BCUT2D eigenvalue weighted by atomic mass is 16.3. The van der Waals surface area contributed by atoms with Crippen molar-refractivity contribution in [3.05, 3.63) is 200 Å². The average molecular weight is 811 g/mol. The van der Waals surface area contributed by atoms with E-state index in [-0.39, 0.29) is 0 Å². The predicted molar refractivity (Wildman–Crippen MR) is 287 cm³/mol. The van der Waals surface area contributed by atoms with Crippen LogP contribution in [0.3, 0.4) is 0 Å². The summed E-state index contributed by atoms with van der Waals surface area (Å²) < 4.78 is 6.45. The van der Waals surface area contributed by atoms with Gasteiger partial charge in [0.25, 0.3) is 0 Å². The smallest absolute Gasteiger partial charge is 0.141 e. The lowest BCUT2D eigenvalue weighted by atomic mass is 9.64. The van der Waals surface area contributed by atoms with E-state index in [9.17, 15) is 0 Å². The predicted octanol–water partition coefficient (Wildman–Crippen LogP) is 9.70. The second-order valence-corrected chi connectivity index (χ2v) is 17.5. The minimum atomic E-state index is 0.921. The lowest BCUT2D eigenvalue weighted by Crippen LogP contribution is -2.46. The topological polar surface area (TPSA) is 16.4 Å². The Hall–Kier alpha value is -7.68. The third kappa shape index (κ3) is 6.32. The first kappa shape index (κ1) is 38.0. The van der Waals surface area contributed by atoms with Crippen LogP contribution in [0.5, 0.6) is 0 Å². The molecule has 11 aromatic carbocycles. The first-order valence-corrected chi connectivity index (χ1v) is 22.2. The van der Waals surface area contributed by atoms with E-state index < -0.39 is 0 Å². The second-order valence-electron chi connectivity index (χ2n) is 17.5. The Balaban J connectivity index is 1.01. The Morgan fingerprint density at radius 2 is 0.688 bits per heavy atom. The average Bonchev–Trinajstić information content (AvgIpc) is 3.68. The van der Waals surface area contributed by atoms with Crippen LogP contribution in [0.15, 0.2) is 205 Å². The molecule has 296 valence electrons. The van der Waals surface area contributed by atoms with Crippen molar-refractivity contribution in [3.8, 4) is 33.4 Å². The van der Waals surface area contributed by atoms with E-state index in [0.717, 1.165) is 33.3 Å². The van der Waals surface area contributed by atoms with E-state index in [2.05, 4.69) is 236 Å². The molecule has 0 N–H and O–H groups in total. The largest absolute Gasteiger partial charge is 0.456 e. The van der Waals surface area contributed by atoms with Crippen LogP contribution < -0.4 is 26.8 Å². The SMILES string of the molecule is Bc1c(B)c(N(c2ccc3cc(-c4ccccc4)ccc3c2)c2ccc3cc(-c4ccccc4)ccc3c2)c(B)c(B)c1-c1ccc2cc3oc4cc5ccccc5cc4c3cc2c1. The molecule has 1 aromatic heterocycles. The molecule has 0 saturated heterocycles. The number of fused-ring (bicyclic) bond motifs is 7. The molecule has 12 rings (SSSR count). The van der Waals surface area contributed by atoms with E-state index in [0.29, 0.717) is 0 Å². The first-order valence-electron chi connectivity index (χ1n) is 22.2. The molecule has 0 fully saturated rings. The van der Waals surface area contributed by atoms with Crippen molar-refractivity contribution in [1.29, 1.82) is 0 Å². The molecule has 0 spiro atoms. The number of hydrogen-bond acceptors (Lipinski definition) is 2. The zero-order valence-electron chi connectivity index (χ0n) is 36.4. The van der Waals surface area contributed by atoms with Gasteiger partial charge in [0.15, 0.2) is 0 Å². The van der Waals surface area contributed by atoms with Crippen molar-refractivity contribution in [2.45, 2.75) is 0 Å². The van der Waals surface area contributed by atoms with E-state index in [1.165, 1.54) is 104 Å². The fraction of sp³-hybridized carbons (Fsp3) is 0. The molecule has 0 aliphatic heterocycles. The highest BCUT2D eigenvalue weighted by Gasteiger charge is 2.23. The van der Waals surface area contributed by atoms with Gasteiger partial charge in [-0.1, -0.05) is 155 Å². The maximum Gasteiger partial charge on any atom is 0.141 e. The quantitative estimate of drug-likeness (QED) is 0.156. The van der Waals surface area contributed by atoms with Gasteiger partial charge in [0.2, 0.25) is 0 Å². The van der Waals surface area contributed by atoms with Crippen molar-refractivity contribution in [2.75, 3.05) is 4.90 Å². The van der Waals surface area contributed by atoms with Crippen molar-refractivity contribution >= 4 is 135 Å². The summed E-state index contributed by atoms with van der Waals surface area (Å²) in [5.74, 6) is 0. The molecule has 64 heavy (non-hydrogen) atoms. The molecular formula is C58H41B4NO. The monoisotopic (exact) mass is 811 g/mol. The number of furan rings is 1. The molecule has 0 amide bonds. The molecular weight excluding hydrogens is 770 g/mol. The molecule has 6 heteroatoms. The van der Waals surface area contributed by atoms with Crippen molar-refractivity contribution in [2.24, 2.45) is 0 Å². The van der Waals surface area contributed by atoms with Crippen molar-refractivity contribution < 1.29 is 4.42 Å². The number of benzene rings is 11.